The number of carbonyl (C=O) groups excluding carboxylic acids is 4. The van der Waals surface area contributed by atoms with Crippen LogP contribution in [0.2, 0.25) is 5.02 Å². The molecule has 3 atom stereocenters. The van der Waals surface area contributed by atoms with E-state index in [4.69, 9.17) is 30.9 Å². The molecule has 0 spiro atoms. The van der Waals surface area contributed by atoms with E-state index in [2.05, 4.69) is 69.3 Å². The van der Waals surface area contributed by atoms with E-state index in [1.54, 1.807) is 80.6 Å². The van der Waals surface area contributed by atoms with Crippen LogP contribution in [0.5, 0.6) is 11.5 Å². The van der Waals surface area contributed by atoms with Gasteiger partial charge in [-0.25, -0.2) is 4.79 Å². The maximum absolute atomic E-state index is 14.6. The minimum Gasteiger partial charge on any atom is -0.480 e. The van der Waals surface area contributed by atoms with Crippen LogP contribution < -0.4 is 19.8 Å². The van der Waals surface area contributed by atoms with Crippen LogP contribution in [-0.2, 0) is 30.0 Å². The summed E-state index contributed by atoms with van der Waals surface area (Å²) in [6.07, 6.45) is -0.504. The first-order chi connectivity index (χ1) is 34.2. The van der Waals surface area contributed by atoms with Crippen molar-refractivity contribution >= 4 is 63.5 Å². The van der Waals surface area contributed by atoms with Crippen LogP contribution in [0, 0.1) is 20.8 Å². The number of esters is 1. The zero-order valence-corrected chi connectivity index (χ0v) is 44.2. The number of likely N-dealkylation sites (N-methyl/N-ethyl adjacent to an activating group) is 1. The number of hydrazone groups is 1. The number of amides is 3. The molecule has 1 N–H and O–H groups in total. The Bertz CT molecular complexity index is 3040. The highest BCUT2D eigenvalue weighted by atomic mass is 35.5. The van der Waals surface area contributed by atoms with Crippen molar-refractivity contribution in [3.05, 3.63) is 141 Å². The summed E-state index contributed by atoms with van der Waals surface area (Å²) in [5.74, 6) is -0.438. The standard InChI is InChI=1S/C57H66ClN7O7/c1-13-48(72-49-28-23-39(56(9,10)14-2)32-43(49)57(11,12)15-3)53(67)59-44-19-17-18-20-46(44)64-54(68)52(51(61-64)38-21-24-40(58)25-22-38)71-41-26-27-42(36(7)29-41)37(8)70-50(66)33-63(16-4)55(69)65-47-31-35(6)34(5)30-45(47)60-62-65/h17-32,37,48,52H,13-16,33H2,1-12H3,(H,59,67). The Hall–Kier alpha value is -7.06. The third-order valence-electron chi connectivity index (χ3n) is 14.1. The van der Waals surface area contributed by atoms with Crippen molar-refractivity contribution in [3.8, 4) is 11.5 Å². The largest absolute Gasteiger partial charge is 0.480 e. The smallest absolute Gasteiger partial charge is 0.347 e. The van der Waals surface area contributed by atoms with E-state index in [-0.39, 0.29) is 29.8 Å². The molecule has 0 radical (unpaired) electrons. The molecule has 3 amide bonds. The van der Waals surface area contributed by atoms with Crippen LogP contribution in [0.1, 0.15) is 127 Å². The van der Waals surface area contributed by atoms with Crippen LogP contribution in [0.3, 0.4) is 0 Å². The summed E-state index contributed by atoms with van der Waals surface area (Å²) < 4.78 is 20.2. The fourth-order valence-corrected chi connectivity index (χ4v) is 8.64. The first-order valence-corrected chi connectivity index (χ1v) is 25.1. The van der Waals surface area contributed by atoms with Crippen LogP contribution in [-0.4, -0.2) is 74.7 Å². The van der Waals surface area contributed by atoms with Crippen molar-refractivity contribution in [2.75, 3.05) is 23.4 Å². The molecule has 14 nitrogen and oxygen atoms in total. The van der Waals surface area contributed by atoms with Gasteiger partial charge < -0.3 is 24.4 Å². The number of fused-ring (bicyclic) bond motifs is 1. The monoisotopic (exact) mass is 995 g/mol. The first-order valence-electron chi connectivity index (χ1n) is 24.7. The van der Waals surface area contributed by atoms with E-state index in [1.165, 1.54) is 20.2 Å². The molecule has 72 heavy (non-hydrogen) atoms. The van der Waals surface area contributed by atoms with Gasteiger partial charge in [-0.1, -0.05) is 108 Å². The number of nitrogens with one attached hydrogen (secondary N) is 1. The summed E-state index contributed by atoms with van der Waals surface area (Å²) >= 11 is 6.30. The SMILES string of the molecule is CCC(Oc1ccc(C(C)(C)CC)cc1C(C)(C)CC)C(=O)Nc1ccccc1N1N=C(c2ccc(Cl)cc2)C(Oc2ccc(C(C)OC(=O)CN(CC)C(=O)n3nnc4cc(C)c(C)cc43)c(C)c2)C1=O. The van der Waals surface area contributed by atoms with Gasteiger partial charge >= 0.3 is 12.0 Å². The molecular formula is C57H66ClN7O7. The number of para-hydroxylation sites is 2. The Morgan fingerprint density at radius 3 is 2.19 bits per heavy atom. The Labute approximate surface area is 427 Å². The molecule has 7 rings (SSSR count). The fourth-order valence-electron chi connectivity index (χ4n) is 8.51. The van der Waals surface area contributed by atoms with Crippen LogP contribution >= 0.6 is 11.6 Å². The summed E-state index contributed by atoms with van der Waals surface area (Å²) in [6, 6.07) is 28.7. The number of aromatic nitrogens is 3. The maximum Gasteiger partial charge on any atom is 0.347 e. The Morgan fingerprint density at radius 1 is 0.833 bits per heavy atom. The number of ether oxygens (including phenoxy) is 3. The number of hydrogen-bond donors (Lipinski definition) is 1. The lowest BCUT2D eigenvalue weighted by atomic mass is 9.76. The lowest BCUT2D eigenvalue weighted by Crippen LogP contribution is -2.39. The Balaban J connectivity index is 1.08. The molecule has 1 aromatic heterocycles. The topological polar surface area (TPSA) is 158 Å². The van der Waals surface area contributed by atoms with E-state index < -0.39 is 36.2 Å². The zero-order valence-electron chi connectivity index (χ0n) is 43.4. The minimum absolute atomic E-state index is 0.0323. The van der Waals surface area contributed by atoms with Gasteiger partial charge in [0.15, 0.2) is 6.10 Å². The fraction of sp³-hybridized carbons (Fsp3) is 0.386. The van der Waals surface area contributed by atoms with E-state index >= 15 is 0 Å². The summed E-state index contributed by atoms with van der Waals surface area (Å²) in [4.78, 5) is 57.1. The number of anilines is 2. The number of benzene rings is 5. The predicted molar refractivity (Wildman–Crippen MR) is 283 cm³/mol. The van der Waals surface area contributed by atoms with Crippen molar-refractivity contribution in [2.45, 2.75) is 131 Å². The third kappa shape index (κ3) is 11.2. The number of hydrogen-bond acceptors (Lipinski definition) is 10. The van der Waals surface area contributed by atoms with Crippen LogP contribution in [0.4, 0.5) is 16.2 Å². The van der Waals surface area contributed by atoms with Crippen LogP contribution in [0.25, 0.3) is 11.0 Å². The summed E-state index contributed by atoms with van der Waals surface area (Å²) in [7, 11) is 0. The summed E-state index contributed by atoms with van der Waals surface area (Å²) in [5, 5.41) is 17.9. The lowest BCUT2D eigenvalue weighted by Gasteiger charge is -2.31. The van der Waals surface area contributed by atoms with E-state index in [1.807, 2.05) is 45.9 Å². The molecule has 1 aliphatic heterocycles. The summed E-state index contributed by atoms with van der Waals surface area (Å²) in [6.45, 7) is 24.3. The molecule has 6 aromatic rings. The van der Waals surface area contributed by atoms with Crippen molar-refractivity contribution in [1.82, 2.24) is 19.9 Å². The molecule has 15 heteroatoms. The highest BCUT2D eigenvalue weighted by Crippen LogP contribution is 2.40. The highest BCUT2D eigenvalue weighted by molar-refractivity contribution is 6.31. The van der Waals surface area contributed by atoms with E-state index in [0.717, 1.165) is 35.1 Å². The molecule has 1 aliphatic rings. The minimum atomic E-state index is -1.20. The van der Waals surface area contributed by atoms with Crippen LogP contribution in [0.15, 0.2) is 102 Å². The normalized spacial score (nSPS) is 14.7. The van der Waals surface area contributed by atoms with Gasteiger partial charge in [-0.05, 0) is 147 Å². The number of aryl methyl sites for hydroxylation is 3. The molecule has 0 bridgehead atoms. The first kappa shape index (κ1) is 52.8. The molecule has 378 valence electrons. The van der Waals surface area contributed by atoms with E-state index in [0.29, 0.717) is 62.2 Å². The molecule has 0 aliphatic carbocycles. The second-order valence-corrected chi connectivity index (χ2v) is 20.2. The molecule has 0 saturated carbocycles. The predicted octanol–water partition coefficient (Wildman–Crippen LogP) is 12.0. The Kier molecular flexibility index (Phi) is 15.9. The van der Waals surface area contributed by atoms with Crippen molar-refractivity contribution in [3.63, 3.8) is 0 Å². The van der Waals surface area contributed by atoms with E-state index in [9.17, 15) is 19.2 Å². The average molecular weight is 997 g/mol. The van der Waals surface area contributed by atoms with Gasteiger partial charge in [-0.2, -0.15) is 14.8 Å². The number of carbonyl (C=O) groups is 4. The second kappa shape index (κ2) is 21.7. The van der Waals surface area contributed by atoms with Gasteiger partial charge in [0.05, 0.1) is 16.9 Å². The van der Waals surface area contributed by atoms with Gasteiger partial charge in [0.1, 0.15) is 35.4 Å². The average Bonchev–Trinajstić information content (AvgIpc) is 3.91. The molecule has 2 heterocycles. The second-order valence-electron chi connectivity index (χ2n) is 19.7. The molecule has 0 saturated heterocycles. The van der Waals surface area contributed by atoms with Crippen molar-refractivity contribution in [1.29, 1.82) is 0 Å². The summed E-state index contributed by atoms with van der Waals surface area (Å²) in [5.41, 5.74) is 8.25. The Morgan fingerprint density at radius 2 is 1.53 bits per heavy atom. The third-order valence-corrected chi connectivity index (χ3v) is 14.3. The molecule has 0 fully saturated rings. The number of nitrogens with zero attached hydrogens (tertiary/aromatic N) is 6. The molecule has 5 aromatic carbocycles. The van der Waals surface area contributed by atoms with Gasteiger partial charge in [0.2, 0.25) is 6.10 Å². The van der Waals surface area contributed by atoms with Gasteiger partial charge in [0, 0.05) is 22.7 Å². The molecule has 3 unspecified atom stereocenters. The maximum atomic E-state index is 14.6. The molecular weight excluding hydrogens is 930 g/mol. The van der Waals surface area contributed by atoms with Gasteiger partial charge in [-0.3, -0.25) is 14.4 Å². The number of rotatable bonds is 18. The van der Waals surface area contributed by atoms with Gasteiger partial charge in [0.25, 0.3) is 11.8 Å². The number of halogens is 1. The lowest BCUT2D eigenvalue weighted by molar-refractivity contribution is -0.149. The van der Waals surface area contributed by atoms with Gasteiger partial charge in [-0.15, -0.1) is 5.10 Å². The highest BCUT2D eigenvalue weighted by Gasteiger charge is 2.41. The zero-order chi connectivity index (χ0) is 52.2. The van der Waals surface area contributed by atoms with Crippen molar-refractivity contribution < 1.29 is 33.4 Å². The van der Waals surface area contributed by atoms with Crippen molar-refractivity contribution in [2.24, 2.45) is 5.10 Å². The quantitative estimate of drug-likeness (QED) is 0.0828.